The molecule has 0 aliphatic carbocycles. The molecule has 1 fully saturated rings. The summed E-state index contributed by atoms with van der Waals surface area (Å²) >= 11 is 0. The molecule has 0 spiro atoms. The van der Waals surface area contributed by atoms with Crippen LogP contribution in [0.4, 0.5) is 0 Å². The summed E-state index contributed by atoms with van der Waals surface area (Å²) in [7, 11) is 0. The molecule has 2 unspecified atom stereocenters. The van der Waals surface area contributed by atoms with Crippen molar-refractivity contribution in [1.82, 2.24) is 4.90 Å². The third-order valence-corrected chi connectivity index (χ3v) is 2.83. The van der Waals surface area contributed by atoms with Crippen LogP contribution in [0.1, 0.15) is 27.2 Å². The molecule has 1 aliphatic rings. The Kier molecular flexibility index (Phi) is 3.17. The Morgan fingerprint density at radius 1 is 1.64 bits per heavy atom. The molecule has 0 radical (unpaired) electrons. The van der Waals surface area contributed by atoms with Crippen molar-refractivity contribution >= 4 is 5.91 Å². The molecule has 2 atom stereocenters. The maximum Gasteiger partial charge on any atom is 0.239 e. The van der Waals surface area contributed by atoms with E-state index in [4.69, 9.17) is 5.73 Å². The Balaban J connectivity index is 2.77. The lowest BCUT2D eigenvalue weighted by Crippen LogP contribution is -2.49. The van der Waals surface area contributed by atoms with Crippen molar-refractivity contribution in [1.29, 1.82) is 0 Å². The number of hydrogen-bond acceptors (Lipinski definition) is 3. The molecule has 0 aromatic carbocycles. The van der Waals surface area contributed by atoms with E-state index in [9.17, 15) is 9.90 Å². The van der Waals surface area contributed by atoms with Gasteiger partial charge in [-0.25, -0.2) is 0 Å². The number of carbonyl (C=O) groups is 1. The molecular formula is C10H20N2O2. The molecule has 0 bridgehead atoms. The SMILES string of the molecule is CC(C)(C)C(CO)N1CCC(N)C1=O. The number of carbonyl (C=O) groups excluding carboxylic acids is 1. The molecule has 14 heavy (non-hydrogen) atoms. The van der Waals surface area contributed by atoms with Gasteiger partial charge in [0, 0.05) is 6.54 Å². The van der Waals surface area contributed by atoms with E-state index in [0.29, 0.717) is 13.0 Å². The Labute approximate surface area is 85.1 Å². The van der Waals surface area contributed by atoms with Gasteiger partial charge in [0.1, 0.15) is 0 Å². The Bertz CT molecular complexity index is 223. The zero-order chi connectivity index (χ0) is 10.9. The van der Waals surface area contributed by atoms with Crippen LogP contribution in [0, 0.1) is 5.41 Å². The van der Waals surface area contributed by atoms with E-state index in [1.807, 2.05) is 20.8 Å². The van der Waals surface area contributed by atoms with Crippen molar-refractivity contribution in [2.24, 2.45) is 11.1 Å². The Hall–Kier alpha value is -0.610. The maximum atomic E-state index is 11.6. The molecule has 1 amide bonds. The molecule has 82 valence electrons. The molecule has 1 saturated heterocycles. The summed E-state index contributed by atoms with van der Waals surface area (Å²) in [5, 5.41) is 9.29. The number of hydrogen-bond donors (Lipinski definition) is 2. The molecule has 1 aliphatic heterocycles. The first-order chi connectivity index (χ1) is 6.38. The monoisotopic (exact) mass is 200 g/mol. The van der Waals surface area contributed by atoms with Crippen LogP contribution in [0.2, 0.25) is 0 Å². The van der Waals surface area contributed by atoms with Crippen molar-refractivity contribution in [3.8, 4) is 0 Å². The lowest BCUT2D eigenvalue weighted by molar-refractivity contribution is -0.134. The minimum absolute atomic E-state index is 0.00194. The van der Waals surface area contributed by atoms with Crippen LogP contribution in [-0.2, 0) is 4.79 Å². The largest absolute Gasteiger partial charge is 0.394 e. The molecule has 3 N–H and O–H groups in total. The Morgan fingerprint density at radius 2 is 2.21 bits per heavy atom. The highest BCUT2D eigenvalue weighted by molar-refractivity contribution is 5.84. The zero-order valence-electron chi connectivity index (χ0n) is 9.16. The minimum Gasteiger partial charge on any atom is -0.394 e. The van der Waals surface area contributed by atoms with Crippen molar-refractivity contribution in [2.75, 3.05) is 13.2 Å². The first-order valence-corrected chi connectivity index (χ1v) is 5.05. The van der Waals surface area contributed by atoms with E-state index in [2.05, 4.69) is 0 Å². The predicted octanol–water partition coefficient (Wildman–Crippen LogP) is -0.0470. The van der Waals surface area contributed by atoms with E-state index < -0.39 is 0 Å². The number of aliphatic hydroxyl groups excluding tert-OH is 1. The molecule has 1 heterocycles. The van der Waals surface area contributed by atoms with Crippen molar-refractivity contribution < 1.29 is 9.90 Å². The van der Waals surface area contributed by atoms with Gasteiger partial charge in [-0.05, 0) is 11.8 Å². The fraction of sp³-hybridized carbons (Fsp3) is 0.900. The average Bonchev–Trinajstić information content (AvgIpc) is 2.35. The van der Waals surface area contributed by atoms with E-state index in [-0.39, 0.29) is 30.0 Å². The summed E-state index contributed by atoms with van der Waals surface area (Å²) in [6.45, 7) is 6.73. The third-order valence-electron chi connectivity index (χ3n) is 2.83. The first-order valence-electron chi connectivity index (χ1n) is 5.05. The summed E-state index contributed by atoms with van der Waals surface area (Å²) in [5.41, 5.74) is 5.53. The zero-order valence-corrected chi connectivity index (χ0v) is 9.16. The quantitative estimate of drug-likeness (QED) is 0.657. The second-order valence-corrected chi connectivity index (χ2v) is 4.99. The molecule has 4 heteroatoms. The fourth-order valence-corrected chi connectivity index (χ4v) is 1.87. The number of nitrogens with two attached hydrogens (primary N) is 1. The highest BCUT2D eigenvalue weighted by Gasteiger charge is 2.38. The van der Waals surface area contributed by atoms with Gasteiger partial charge in [-0.1, -0.05) is 20.8 Å². The van der Waals surface area contributed by atoms with Crippen molar-refractivity contribution in [2.45, 2.75) is 39.3 Å². The fourth-order valence-electron chi connectivity index (χ4n) is 1.87. The van der Waals surface area contributed by atoms with Crippen LogP contribution in [-0.4, -0.2) is 41.1 Å². The molecule has 0 aromatic heterocycles. The van der Waals surface area contributed by atoms with Crippen LogP contribution < -0.4 is 5.73 Å². The normalized spacial score (nSPS) is 25.6. The lowest BCUT2D eigenvalue weighted by atomic mass is 9.86. The number of likely N-dealkylation sites (tertiary alicyclic amines) is 1. The third kappa shape index (κ3) is 2.07. The maximum absolute atomic E-state index is 11.6. The van der Waals surface area contributed by atoms with Gasteiger partial charge in [0.25, 0.3) is 0 Å². The average molecular weight is 200 g/mol. The number of nitrogens with zero attached hydrogens (tertiary/aromatic N) is 1. The van der Waals surface area contributed by atoms with Gasteiger partial charge in [-0.15, -0.1) is 0 Å². The molecule has 1 rings (SSSR count). The highest BCUT2D eigenvalue weighted by atomic mass is 16.3. The number of rotatable bonds is 2. The smallest absolute Gasteiger partial charge is 0.239 e. The van der Waals surface area contributed by atoms with Crippen molar-refractivity contribution in [3.05, 3.63) is 0 Å². The summed E-state index contributed by atoms with van der Waals surface area (Å²) in [4.78, 5) is 13.4. The van der Waals surface area contributed by atoms with E-state index >= 15 is 0 Å². The van der Waals surface area contributed by atoms with Crippen LogP contribution >= 0.6 is 0 Å². The minimum atomic E-state index is -0.369. The lowest BCUT2D eigenvalue weighted by Gasteiger charge is -2.36. The topological polar surface area (TPSA) is 66.6 Å². The van der Waals surface area contributed by atoms with Gasteiger partial charge in [-0.3, -0.25) is 4.79 Å². The summed E-state index contributed by atoms with van der Waals surface area (Å²) in [6, 6.07) is -0.491. The van der Waals surface area contributed by atoms with E-state index in [1.165, 1.54) is 0 Å². The van der Waals surface area contributed by atoms with E-state index in [1.54, 1.807) is 4.90 Å². The summed E-state index contributed by atoms with van der Waals surface area (Å²) in [6.07, 6.45) is 0.700. The van der Waals surface area contributed by atoms with Crippen molar-refractivity contribution in [3.63, 3.8) is 0 Å². The molecule has 0 saturated carbocycles. The summed E-state index contributed by atoms with van der Waals surface area (Å²) in [5.74, 6) is -0.0287. The highest BCUT2D eigenvalue weighted by Crippen LogP contribution is 2.27. The number of amides is 1. The van der Waals surface area contributed by atoms with Gasteiger partial charge in [0.05, 0.1) is 18.7 Å². The molecule has 4 nitrogen and oxygen atoms in total. The van der Waals surface area contributed by atoms with Crippen LogP contribution in [0.3, 0.4) is 0 Å². The second kappa shape index (κ2) is 3.87. The van der Waals surface area contributed by atoms with Crippen LogP contribution in [0.25, 0.3) is 0 Å². The predicted molar refractivity (Wildman–Crippen MR) is 54.6 cm³/mol. The standard InChI is InChI=1S/C10H20N2O2/c1-10(2,3)8(6-13)12-5-4-7(11)9(12)14/h7-8,13H,4-6,11H2,1-3H3. The summed E-state index contributed by atoms with van der Waals surface area (Å²) < 4.78 is 0. The van der Waals surface area contributed by atoms with Gasteiger partial charge >= 0.3 is 0 Å². The first kappa shape index (κ1) is 11.5. The van der Waals surface area contributed by atoms with E-state index in [0.717, 1.165) is 0 Å². The second-order valence-electron chi connectivity index (χ2n) is 4.99. The number of aliphatic hydroxyl groups is 1. The van der Waals surface area contributed by atoms with Gasteiger partial charge < -0.3 is 15.7 Å². The van der Waals surface area contributed by atoms with Gasteiger partial charge in [-0.2, -0.15) is 0 Å². The van der Waals surface area contributed by atoms with Gasteiger partial charge in [0.2, 0.25) is 5.91 Å². The molecule has 0 aromatic rings. The van der Waals surface area contributed by atoms with Crippen LogP contribution in [0.15, 0.2) is 0 Å². The molecular weight excluding hydrogens is 180 g/mol. The van der Waals surface area contributed by atoms with Crippen LogP contribution in [0.5, 0.6) is 0 Å². The Morgan fingerprint density at radius 3 is 2.50 bits per heavy atom. The van der Waals surface area contributed by atoms with Gasteiger partial charge in [0.15, 0.2) is 0 Å².